The molecular weight excluding hydrogens is 376 g/mol. The van der Waals surface area contributed by atoms with E-state index in [1.807, 2.05) is 6.92 Å². The molecule has 1 aromatic carbocycles. The van der Waals surface area contributed by atoms with E-state index < -0.39 is 12.1 Å². The predicted molar refractivity (Wildman–Crippen MR) is 103 cm³/mol. The number of nitrogens with one attached hydrogen (secondary N) is 2. The van der Waals surface area contributed by atoms with Crippen LogP contribution in [-0.2, 0) is 27.3 Å². The number of rotatable bonds is 4. The fraction of sp³-hybridized carbons (Fsp3) is 0.450. The zero-order chi connectivity index (χ0) is 20.5. The lowest BCUT2D eigenvalue weighted by atomic mass is 9.97. The number of hydrogen-bond donors (Lipinski definition) is 2. The summed E-state index contributed by atoms with van der Waals surface area (Å²) in [6, 6.07) is 4.68. The van der Waals surface area contributed by atoms with Crippen LogP contribution in [0.15, 0.2) is 18.2 Å². The van der Waals surface area contributed by atoms with Gasteiger partial charge in [0.1, 0.15) is 12.4 Å². The van der Waals surface area contributed by atoms with Gasteiger partial charge in [-0.1, -0.05) is 6.07 Å². The maximum atomic E-state index is 13.3. The molecule has 29 heavy (non-hydrogen) atoms. The van der Waals surface area contributed by atoms with E-state index in [2.05, 4.69) is 15.3 Å². The molecule has 0 radical (unpaired) electrons. The minimum atomic E-state index is -0.823. The van der Waals surface area contributed by atoms with Crippen LogP contribution in [0.1, 0.15) is 28.8 Å². The standard InChI is InChI=1S/C20H24N4O5/c1-11-21-13-6-7-24(9-14(13)22-11)20(26)19-18(23-17(25)10-29-19)12-4-5-15(27-2)16(8-12)28-3/h4-5,8,18-19H,6-7,9-10H2,1-3H3,(H,21,22)(H,23,25)/t18-,19+/m1/s1. The summed E-state index contributed by atoms with van der Waals surface area (Å²) in [6.07, 6.45) is -0.137. The van der Waals surface area contributed by atoms with Gasteiger partial charge in [-0.15, -0.1) is 0 Å². The van der Waals surface area contributed by atoms with Crippen molar-refractivity contribution in [2.75, 3.05) is 27.4 Å². The van der Waals surface area contributed by atoms with Crippen LogP contribution in [0.5, 0.6) is 11.5 Å². The van der Waals surface area contributed by atoms with Gasteiger partial charge in [0.05, 0.1) is 38.2 Å². The molecule has 9 heteroatoms. The molecule has 4 rings (SSSR count). The van der Waals surface area contributed by atoms with Gasteiger partial charge >= 0.3 is 0 Å². The highest BCUT2D eigenvalue weighted by molar-refractivity contribution is 5.86. The summed E-state index contributed by atoms with van der Waals surface area (Å²) in [5.74, 6) is 1.50. The van der Waals surface area contributed by atoms with Crippen molar-refractivity contribution >= 4 is 11.8 Å². The average molecular weight is 400 g/mol. The molecule has 0 saturated carbocycles. The van der Waals surface area contributed by atoms with E-state index in [4.69, 9.17) is 14.2 Å². The van der Waals surface area contributed by atoms with E-state index in [0.29, 0.717) is 36.6 Å². The summed E-state index contributed by atoms with van der Waals surface area (Å²) in [7, 11) is 3.09. The molecule has 2 N–H and O–H groups in total. The number of ether oxygens (including phenoxy) is 3. The fourth-order valence-corrected chi connectivity index (χ4v) is 3.88. The molecule has 0 bridgehead atoms. The number of carbonyl (C=O) groups is 2. The zero-order valence-electron chi connectivity index (χ0n) is 16.7. The molecule has 2 amide bonds. The molecule has 0 spiro atoms. The smallest absolute Gasteiger partial charge is 0.254 e. The quantitative estimate of drug-likeness (QED) is 0.789. The molecule has 2 aromatic rings. The third kappa shape index (κ3) is 3.65. The highest BCUT2D eigenvalue weighted by Crippen LogP contribution is 2.33. The van der Waals surface area contributed by atoms with Crippen LogP contribution in [0.2, 0.25) is 0 Å². The number of hydrogen-bond acceptors (Lipinski definition) is 6. The van der Waals surface area contributed by atoms with Gasteiger partial charge in [-0.3, -0.25) is 9.59 Å². The average Bonchev–Trinajstić information content (AvgIpc) is 3.11. The maximum absolute atomic E-state index is 13.3. The van der Waals surface area contributed by atoms with Crippen LogP contribution in [0.3, 0.4) is 0 Å². The van der Waals surface area contributed by atoms with E-state index in [1.54, 1.807) is 30.2 Å². The molecule has 2 aliphatic heterocycles. The first kappa shape index (κ1) is 19.3. The highest BCUT2D eigenvalue weighted by atomic mass is 16.5. The Morgan fingerprint density at radius 3 is 2.83 bits per heavy atom. The Kier molecular flexibility index (Phi) is 5.14. The Hall–Kier alpha value is -3.07. The molecule has 0 aliphatic carbocycles. The number of aromatic amines is 1. The highest BCUT2D eigenvalue weighted by Gasteiger charge is 2.39. The Morgan fingerprint density at radius 2 is 2.07 bits per heavy atom. The molecule has 2 aliphatic rings. The van der Waals surface area contributed by atoms with Gasteiger partial charge in [0.25, 0.3) is 5.91 Å². The van der Waals surface area contributed by atoms with Gasteiger partial charge in [0.2, 0.25) is 5.91 Å². The summed E-state index contributed by atoms with van der Waals surface area (Å²) >= 11 is 0. The van der Waals surface area contributed by atoms with Crippen molar-refractivity contribution in [1.29, 1.82) is 0 Å². The van der Waals surface area contributed by atoms with Crippen molar-refractivity contribution in [3.05, 3.63) is 41.0 Å². The van der Waals surface area contributed by atoms with Crippen LogP contribution in [0, 0.1) is 6.92 Å². The predicted octanol–water partition coefficient (Wildman–Crippen LogP) is 0.876. The van der Waals surface area contributed by atoms with E-state index in [9.17, 15) is 9.59 Å². The lowest BCUT2D eigenvalue weighted by Gasteiger charge is -2.36. The molecule has 1 fully saturated rings. The number of amides is 2. The van der Waals surface area contributed by atoms with Gasteiger partial charge in [-0.2, -0.15) is 0 Å². The lowest BCUT2D eigenvalue weighted by Crippen LogP contribution is -2.54. The SMILES string of the molecule is COc1ccc([C@H]2NC(=O)CO[C@@H]2C(=O)N2CCc3nc(C)[nH]c3C2)cc1OC. The number of methoxy groups -OCH3 is 2. The fourth-order valence-electron chi connectivity index (χ4n) is 3.88. The van der Waals surface area contributed by atoms with E-state index in [1.165, 1.54) is 7.11 Å². The van der Waals surface area contributed by atoms with Gasteiger partial charge in [0, 0.05) is 13.0 Å². The van der Waals surface area contributed by atoms with E-state index >= 15 is 0 Å². The molecule has 2 atom stereocenters. The van der Waals surface area contributed by atoms with Crippen molar-refractivity contribution < 1.29 is 23.8 Å². The first-order chi connectivity index (χ1) is 14.0. The number of aromatic nitrogens is 2. The van der Waals surface area contributed by atoms with Crippen LogP contribution >= 0.6 is 0 Å². The van der Waals surface area contributed by atoms with E-state index in [-0.39, 0.29) is 18.4 Å². The molecule has 0 unspecified atom stereocenters. The third-order valence-corrected chi connectivity index (χ3v) is 5.29. The maximum Gasteiger partial charge on any atom is 0.254 e. The molecule has 1 aromatic heterocycles. The minimum absolute atomic E-state index is 0.150. The minimum Gasteiger partial charge on any atom is -0.493 e. The Labute approximate surface area is 168 Å². The third-order valence-electron chi connectivity index (χ3n) is 5.29. The Balaban J connectivity index is 1.59. The summed E-state index contributed by atoms with van der Waals surface area (Å²) in [4.78, 5) is 34.7. The van der Waals surface area contributed by atoms with Gasteiger partial charge < -0.3 is 29.4 Å². The second-order valence-electron chi connectivity index (χ2n) is 7.15. The topological polar surface area (TPSA) is 106 Å². The number of fused-ring (bicyclic) bond motifs is 1. The molecular formula is C20H24N4O5. The van der Waals surface area contributed by atoms with Crippen molar-refractivity contribution in [2.45, 2.75) is 32.0 Å². The Morgan fingerprint density at radius 1 is 1.28 bits per heavy atom. The van der Waals surface area contributed by atoms with Gasteiger partial charge in [-0.25, -0.2) is 4.98 Å². The number of nitrogens with zero attached hydrogens (tertiary/aromatic N) is 2. The number of aryl methyl sites for hydroxylation is 1. The number of benzene rings is 1. The number of imidazole rings is 1. The first-order valence-electron chi connectivity index (χ1n) is 9.46. The zero-order valence-corrected chi connectivity index (χ0v) is 16.7. The monoisotopic (exact) mass is 400 g/mol. The number of H-pyrrole nitrogens is 1. The number of morpholine rings is 1. The normalized spacial score (nSPS) is 21.3. The van der Waals surface area contributed by atoms with Crippen LogP contribution in [-0.4, -0.2) is 60.2 Å². The van der Waals surface area contributed by atoms with Crippen molar-refractivity contribution in [2.24, 2.45) is 0 Å². The summed E-state index contributed by atoms with van der Waals surface area (Å²) in [5, 5.41) is 2.89. The second kappa shape index (κ2) is 7.75. The second-order valence-corrected chi connectivity index (χ2v) is 7.15. The molecule has 3 heterocycles. The van der Waals surface area contributed by atoms with Crippen LogP contribution in [0.25, 0.3) is 0 Å². The van der Waals surface area contributed by atoms with Crippen LogP contribution < -0.4 is 14.8 Å². The lowest BCUT2D eigenvalue weighted by molar-refractivity contribution is -0.156. The van der Waals surface area contributed by atoms with E-state index in [0.717, 1.165) is 17.2 Å². The van der Waals surface area contributed by atoms with Gasteiger partial charge in [-0.05, 0) is 24.6 Å². The van der Waals surface area contributed by atoms with Crippen molar-refractivity contribution in [3.63, 3.8) is 0 Å². The first-order valence-corrected chi connectivity index (χ1v) is 9.46. The largest absolute Gasteiger partial charge is 0.493 e. The van der Waals surface area contributed by atoms with Gasteiger partial charge in [0.15, 0.2) is 17.6 Å². The molecule has 1 saturated heterocycles. The van der Waals surface area contributed by atoms with Crippen molar-refractivity contribution in [3.8, 4) is 11.5 Å². The van der Waals surface area contributed by atoms with Crippen LogP contribution in [0.4, 0.5) is 0 Å². The molecule has 9 nitrogen and oxygen atoms in total. The Bertz CT molecular complexity index is 941. The summed E-state index contributed by atoms with van der Waals surface area (Å²) in [5.41, 5.74) is 2.66. The summed E-state index contributed by atoms with van der Waals surface area (Å²) < 4.78 is 16.3. The van der Waals surface area contributed by atoms with Crippen molar-refractivity contribution in [1.82, 2.24) is 20.2 Å². The number of carbonyl (C=O) groups excluding carboxylic acids is 2. The summed E-state index contributed by atoms with van der Waals surface area (Å²) in [6.45, 7) is 2.75. The molecule has 154 valence electrons.